The molecule has 3 rings (SSSR count). The third-order valence-corrected chi connectivity index (χ3v) is 4.91. The van der Waals surface area contributed by atoms with Crippen LogP contribution in [0.2, 0.25) is 0 Å². The van der Waals surface area contributed by atoms with Gasteiger partial charge in [-0.1, -0.05) is 31.5 Å². The first-order chi connectivity index (χ1) is 11.7. The maximum Gasteiger partial charge on any atom is 0.119 e. The Hall–Kier alpha value is -1.07. The zero-order chi connectivity index (χ0) is 16.8. The monoisotopic (exact) mass is 436 g/mol. The Labute approximate surface area is 158 Å². The minimum atomic E-state index is 0.502. The van der Waals surface area contributed by atoms with E-state index in [0.29, 0.717) is 19.3 Å². The predicted octanol–water partition coefficient (Wildman–Crippen LogP) is 5.39. The molecule has 1 saturated carbocycles. The fraction of sp³-hybridized carbons (Fsp3) is 0.429. The van der Waals surface area contributed by atoms with Gasteiger partial charge in [0.1, 0.15) is 12.4 Å². The summed E-state index contributed by atoms with van der Waals surface area (Å²) in [5.41, 5.74) is 4.24. The smallest absolute Gasteiger partial charge is 0.119 e. The second kappa shape index (κ2) is 8.86. The first-order valence-corrected chi connectivity index (χ1v) is 9.93. The highest BCUT2D eigenvalue weighted by Gasteiger charge is 2.21. The van der Waals surface area contributed by atoms with Crippen LogP contribution in [-0.2, 0) is 17.6 Å². The fourth-order valence-corrected chi connectivity index (χ4v) is 3.36. The SMILES string of the molecule is CCCc1ccc(I)cc1Cc1ccc(OCCOC2CC2)cc1. The lowest BCUT2D eigenvalue weighted by molar-refractivity contribution is 0.0881. The van der Waals surface area contributed by atoms with Crippen molar-refractivity contribution in [2.45, 2.75) is 45.1 Å². The van der Waals surface area contributed by atoms with Gasteiger partial charge in [-0.15, -0.1) is 0 Å². The lowest BCUT2D eigenvalue weighted by Crippen LogP contribution is -2.07. The maximum absolute atomic E-state index is 5.74. The van der Waals surface area contributed by atoms with Gasteiger partial charge < -0.3 is 9.47 Å². The molecule has 128 valence electrons. The molecule has 0 saturated heterocycles. The van der Waals surface area contributed by atoms with E-state index in [1.807, 2.05) is 0 Å². The first kappa shape index (κ1) is 17.7. The van der Waals surface area contributed by atoms with Crippen LogP contribution in [0.25, 0.3) is 0 Å². The third kappa shape index (κ3) is 5.49. The topological polar surface area (TPSA) is 18.5 Å². The van der Waals surface area contributed by atoms with Gasteiger partial charge >= 0.3 is 0 Å². The van der Waals surface area contributed by atoms with Crippen molar-refractivity contribution in [2.75, 3.05) is 13.2 Å². The summed E-state index contributed by atoms with van der Waals surface area (Å²) in [5, 5.41) is 0. The second-order valence-electron chi connectivity index (χ2n) is 6.40. The van der Waals surface area contributed by atoms with Gasteiger partial charge in [0.15, 0.2) is 0 Å². The van der Waals surface area contributed by atoms with Gasteiger partial charge in [0.25, 0.3) is 0 Å². The van der Waals surface area contributed by atoms with Gasteiger partial charge in [-0.3, -0.25) is 0 Å². The number of aryl methyl sites for hydroxylation is 1. The molecule has 24 heavy (non-hydrogen) atoms. The minimum absolute atomic E-state index is 0.502. The summed E-state index contributed by atoms with van der Waals surface area (Å²) in [4.78, 5) is 0. The van der Waals surface area contributed by atoms with Crippen LogP contribution in [0.5, 0.6) is 5.75 Å². The highest BCUT2D eigenvalue weighted by Crippen LogP contribution is 2.23. The first-order valence-electron chi connectivity index (χ1n) is 8.85. The molecule has 2 aromatic carbocycles. The molecule has 1 fully saturated rings. The van der Waals surface area contributed by atoms with Gasteiger partial charge in [-0.2, -0.15) is 0 Å². The van der Waals surface area contributed by atoms with Gasteiger partial charge in [-0.05, 0) is 89.2 Å². The minimum Gasteiger partial charge on any atom is -0.491 e. The average molecular weight is 436 g/mol. The Balaban J connectivity index is 1.56. The number of hydrogen-bond donors (Lipinski definition) is 0. The van der Waals surface area contributed by atoms with Crippen LogP contribution in [-0.4, -0.2) is 19.3 Å². The highest BCUT2D eigenvalue weighted by molar-refractivity contribution is 14.1. The zero-order valence-electron chi connectivity index (χ0n) is 14.3. The quantitative estimate of drug-likeness (QED) is 0.388. The van der Waals surface area contributed by atoms with Crippen molar-refractivity contribution in [3.05, 3.63) is 62.7 Å². The molecule has 3 heteroatoms. The lowest BCUT2D eigenvalue weighted by Gasteiger charge is -2.11. The second-order valence-corrected chi connectivity index (χ2v) is 7.65. The Morgan fingerprint density at radius 2 is 1.79 bits per heavy atom. The standard InChI is InChI=1S/C21H25IO2/c1-2-3-17-6-7-19(22)15-18(17)14-16-4-8-20(9-5-16)23-12-13-24-21-10-11-21/h4-9,15,21H,2-3,10-14H2,1H3. The largest absolute Gasteiger partial charge is 0.491 e. The van der Waals surface area contributed by atoms with Crippen LogP contribution in [0.3, 0.4) is 0 Å². The van der Waals surface area contributed by atoms with Crippen molar-refractivity contribution in [2.24, 2.45) is 0 Å². The number of benzene rings is 2. The molecule has 0 unspecified atom stereocenters. The van der Waals surface area contributed by atoms with Crippen LogP contribution in [0.4, 0.5) is 0 Å². The summed E-state index contributed by atoms with van der Waals surface area (Å²) < 4.78 is 12.6. The van der Waals surface area contributed by atoms with Crippen molar-refractivity contribution in [1.29, 1.82) is 0 Å². The summed E-state index contributed by atoms with van der Waals surface area (Å²) in [7, 11) is 0. The molecule has 0 spiro atoms. The van der Waals surface area contributed by atoms with E-state index < -0.39 is 0 Å². The lowest BCUT2D eigenvalue weighted by atomic mass is 9.97. The van der Waals surface area contributed by atoms with E-state index in [9.17, 15) is 0 Å². The molecule has 2 aromatic rings. The van der Waals surface area contributed by atoms with E-state index in [0.717, 1.165) is 18.6 Å². The molecular weight excluding hydrogens is 411 g/mol. The Kier molecular flexibility index (Phi) is 6.55. The Morgan fingerprint density at radius 1 is 1.00 bits per heavy atom. The van der Waals surface area contributed by atoms with Crippen molar-refractivity contribution in [3.63, 3.8) is 0 Å². The number of rotatable bonds is 9. The van der Waals surface area contributed by atoms with Gasteiger partial charge in [-0.25, -0.2) is 0 Å². The Bertz CT molecular complexity index is 647. The van der Waals surface area contributed by atoms with Gasteiger partial charge in [0.05, 0.1) is 12.7 Å². The van der Waals surface area contributed by atoms with E-state index in [1.54, 1.807) is 0 Å². The number of hydrogen-bond acceptors (Lipinski definition) is 2. The van der Waals surface area contributed by atoms with E-state index in [-0.39, 0.29) is 0 Å². The predicted molar refractivity (Wildman–Crippen MR) is 107 cm³/mol. The van der Waals surface area contributed by atoms with Crippen LogP contribution in [0, 0.1) is 3.57 Å². The molecule has 0 aliphatic heterocycles. The van der Waals surface area contributed by atoms with E-state index in [4.69, 9.17) is 9.47 Å². The molecule has 0 atom stereocenters. The maximum atomic E-state index is 5.74. The van der Waals surface area contributed by atoms with E-state index in [2.05, 4.69) is 72.0 Å². The summed E-state index contributed by atoms with van der Waals surface area (Å²) in [5.74, 6) is 0.926. The highest BCUT2D eigenvalue weighted by atomic mass is 127. The zero-order valence-corrected chi connectivity index (χ0v) is 16.4. The average Bonchev–Trinajstić information content (AvgIpc) is 3.40. The summed E-state index contributed by atoms with van der Waals surface area (Å²) in [6, 6.07) is 15.3. The third-order valence-electron chi connectivity index (χ3n) is 4.24. The molecule has 2 nitrogen and oxygen atoms in total. The van der Waals surface area contributed by atoms with Crippen molar-refractivity contribution in [1.82, 2.24) is 0 Å². The number of halogens is 1. The fourth-order valence-electron chi connectivity index (χ4n) is 2.80. The molecule has 0 amide bonds. The van der Waals surface area contributed by atoms with Gasteiger partial charge in [0, 0.05) is 3.57 Å². The van der Waals surface area contributed by atoms with Crippen LogP contribution < -0.4 is 4.74 Å². The summed E-state index contributed by atoms with van der Waals surface area (Å²) >= 11 is 2.39. The number of ether oxygens (including phenoxy) is 2. The van der Waals surface area contributed by atoms with E-state index >= 15 is 0 Å². The van der Waals surface area contributed by atoms with Crippen LogP contribution in [0.1, 0.15) is 42.9 Å². The molecule has 0 bridgehead atoms. The molecule has 1 aliphatic rings. The van der Waals surface area contributed by atoms with Crippen LogP contribution in [0.15, 0.2) is 42.5 Å². The summed E-state index contributed by atoms with van der Waals surface area (Å²) in [6.07, 6.45) is 6.25. The Morgan fingerprint density at radius 3 is 2.50 bits per heavy atom. The molecule has 1 aliphatic carbocycles. The molecule has 0 radical (unpaired) electrons. The van der Waals surface area contributed by atoms with Crippen molar-refractivity contribution >= 4 is 22.6 Å². The molecule has 0 aromatic heterocycles. The van der Waals surface area contributed by atoms with E-state index in [1.165, 1.54) is 39.5 Å². The van der Waals surface area contributed by atoms with Crippen molar-refractivity contribution < 1.29 is 9.47 Å². The van der Waals surface area contributed by atoms with Gasteiger partial charge in [0.2, 0.25) is 0 Å². The molecule has 0 N–H and O–H groups in total. The normalized spacial score (nSPS) is 13.9. The van der Waals surface area contributed by atoms with Crippen LogP contribution >= 0.6 is 22.6 Å². The molecule has 0 heterocycles. The molecular formula is C21H25IO2. The summed E-state index contributed by atoms with van der Waals surface area (Å²) in [6.45, 7) is 3.56. The van der Waals surface area contributed by atoms with Crippen molar-refractivity contribution in [3.8, 4) is 5.75 Å².